The van der Waals surface area contributed by atoms with Crippen LogP contribution in [0.15, 0.2) is 42.5 Å². The molecule has 3 aromatic rings. The van der Waals surface area contributed by atoms with Crippen LogP contribution in [0, 0.1) is 5.92 Å². The first-order valence-electron chi connectivity index (χ1n) is 8.81. The van der Waals surface area contributed by atoms with E-state index in [4.69, 9.17) is 0 Å². The largest absolute Gasteiger partial charge is 0.393 e. The molecule has 1 amide bonds. The van der Waals surface area contributed by atoms with Gasteiger partial charge in [0.15, 0.2) is 0 Å². The SMILES string of the molecule is O=C(N[C@H]1CCCC[C@@H]1C(F)(F)F)c1cc2c(ccc3ccccc32)[nH]1. The standard InChI is InChI=1S/C20H19F3N2O/c21-20(22,23)15-7-3-4-8-17(15)25-19(26)18-11-14-13-6-2-1-5-12(13)9-10-16(14)24-18/h1-2,5-6,9-11,15,17,24H,3-4,7-8H2,(H,25,26)/t15-,17-/m0/s1. The first kappa shape index (κ1) is 16.9. The molecule has 1 aliphatic carbocycles. The Morgan fingerprint density at radius 3 is 2.62 bits per heavy atom. The molecule has 3 nitrogen and oxygen atoms in total. The third-order valence-corrected chi connectivity index (χ3v) is 5.28. The normalized spacial score (nSPS) is 21.2. The van der Waals surface area contributed by atoms with Crippen LogP contribution in [-0.2, 0) is 0 Å². The molecular formula is C20H19F3N2O. The number of hydrogen-bond donors (Lipinski definition) is 2. The number of H-pyrrole nitrogens is 1. The second-order valence-electron chi connectivity index (χ2n) is 6.94. The highest BCUT2D eigenvalue weighted by atomic mass is 19.4. The Morgan fingerprint density at radius 1 is 1.04 bits per heavy atom. The monoisotopic (exact) mass is 360 g/mol. The Labute approximate surface area is 148 Å². The molecule has 1 fully saturated rings. The quantitative estimate of drug-likeness (QED) is 0.650. The topological polar surface area (TPSA) is 44.9 Å². The Bertz CT molecular complexity index is 960. The second-order valence-corrected chi connectivity index (χ2v) is 6.94. The van der Waals surface area contributed by atoms with E-state index in [2.05, 4.69) is 10.3 Å². The van der Waals surface area contributed by atoms with Gasteiger partial charge in [0.05, 0.1) is 5.92 Å². The van der Waals surface area contributed by atoms with Gasteiger partial charge in [-0.05, 0) is 35.7 Å². The van der Waals surface area contributed by atoms with E-state index in [1.165, 1.54) is 0 Å². The van der Waals surface area contributed by atoms with Crippen molar-refractivity contribution in [1.29, 1.82) is 0 Å². The van der Waals surface area contributed by atoms with Crippen molar-refractivity contribution in [3.8, 4) is 0 Å². The number of alkyl halides is 3. The highest BCUT2D eigenvalue weighted by Gasteiger charge is 2.46. The predicted octanol–water partition coefficient (Wildman–Crippen LogP) is 5.17. The first-order chi connectivity index (χ1) is 12.4. The van der Waals surface area contributed by atoms with Gasteiger partial charge < -0.3 is 10.3 Å². The number of carbonyl (C=O) groups excluding carboxylic acids is 1. The molecule has 0 aliphatic heterocycles. The molecule has 136 valence electrons. The number of nitrogens with one attached hydrogen (secondary N) is 2. The Morgan fingerprint density at radius 2 is 1.81 bits per heavy atom. The van der Waals surface area contributed by atoms with Gasteiger partial charge in [-0.1, -0.05) is 43.2 Å². The number of rotatable bonds is 2. The Kier molecular flexibility index (Phi) is 4.13. The van der Waals surface area contributed by atoms with E-state index >= 15 is 0 Å². The fourth-order valence-electron chi connectivity index (χ4n) is 3.95. The predicted molar refractivity (Wildman–Crippen MR) is 95.1 cm³/mol. The second kappa shape index (κ2) is 6.34. The lowest BCUT2D eigenvalue weighted by molar-refractivity contribution is -0.187. The zero-order chi connectivity index (χ0) is 18.3. The van der Waals surface area contributed by atoms with E-state index in [1.807, 2.05) is 36.4 Å². The highest BCUT2D eigenvalue weighted by molar-refractivity contribution is 6.09. The summed E-state index contributed by atoms with van der Waals surface area (Å²) in [4.78, 5) is 15.6. The van der Waals surface area contributed by atoms with Crippen LogP contribution in [-0.4, -0.2) is 23.1 Å². The van der Waals surface area contributed by atoms with Crippen molar-refractivity contribution in [1.82, 2.24) is 10.3 Å². The number of benzene rings is 2. The summed E-state index contributed by atoms with van der Waals surface area (Å²) >= 11 is 0. The fourth-order valence-corrected chi connectivity index (χ4v) is 3.95. The van der Waals surface area contributed by atoms with Gasteiger partial charge in [0.1, 0.15) is 5.69 Å². The van der Waals surface area contributed by atoms with Gasteiger partial charge in [0.25, 0.3) is 5.91 Å². The lowest BCUT2D eigenvalue weighted by atomic mass is 9.84. The van der Waals surface area contributed by atoms with Crippen molar-refractivity contribution in [2.45, 2.75) is 37.9 Å². The molecule has 0 radical (unpaired) electrons. The van der Waals surface area contributed by atoms with Crippen LogP contribution in [0.5, 0.6) is 0 Å². The lowest BCUT2D eigenvalue weighted by Crippen LogP contribution is -2.47. The lowest BCUT2D eigenvalue weighted by Gasteiger charge is -2.33. The van der Waals surface area contributed by atoms with Crippen LogP contribution in [0.1, 0.15) is 36.2 Å². The Balaban J connectivity index is 1.63. The number of amides is 1. The molecule has 0 unspecified atom stereocenters. The van der Waals surface area contributed by atoms with Gasteiger partial charge >= 0.3 is 6.18 Å². The van der Waals surface area contributed by atoms with Crippen molar-refractivity contribution in [2.24, 2.45) is 5.92 Å². The fraction of sp³-hybridized carbons (Fsp3) is 0.350. The van der Waals surface area contributed by atoms with Crippen molar-refractivity contribution in [3.05, 3.63) is 48.2 Å². The summed E-state index contributed by atoms with van der Waals surface area (Å²) in [6, 6.07) is 12.5. The first-order valence-corrected chi connectivity index (χ1v) is 8.81. The molecule has 0 bridgehead atoms. The summed E-state index contributed by atoms with van der Waals surface area (Å²) in [5.74, 6) is -1.95. The number of aromatic amines is 1. The van der Waals surface area contributed by atoms with E-state index in [9.17, 15) is 18.0 Å². The number of fused-ring (bicyclic) bond motifs is 3. The molecule has 6 heteroatoms. The zero-order valence-electron chi connectivity index (χ0n) is 14.1. The van der Waals surface area contributed by atoms with Crippen LogP contribution in [0.3, 0.4) is 0 Å². The van der Waals surface area contributed by atoms with Gasteiger partial charge in [-0.3, -0.25) is 4.79 Å². The van der Waals surface area contributed by atoms with E-state index in [-0.39, 0.29) is 6.42 Å². The van der Waals surface area contributed by atoms with Gasteiger partial charge in [-0.15, -0.1) is 0 Å². The molecule has 1 heterocycles. The summed E-state index contributed by atoms with van der Waals surface area (Å²) in [5, 5.41) is 5.56. The molecule has 1 saturated carbocycles. The van der Waals surface area contributed by atoms with Gasteiger partial charge in [0, 0.05) is 16.9 Å². The van der Waals surface area contributed by atoms with E-state index in [0.717, 1.165) is 21.7 Å². The molecule has 4 rings (SSSR count). The van der Waals surface area contributed by atoms with Crippen LogP contribution >= 0.6 is 0 Å². The molecule has 0 spiro atoms. The van der Waals surface area contributed by atoms with E-state index in [1.54, 1.807) is 6.07 Å². The van der Waals surface area contributed by atoms with Crippen molar-refractivity contribution in [2.75, 3.05) is 0 Å². The smallest absolute Gasteiger partial charge is 0.351 e. The molecule has 2 N–H and O–H groups in total. The summed E-state index contributed by atoms with van der Waals surface area (Å²) < 4.78 is 39.7. The van der Waals surface area contributed by atoms with Crippen LogP contribution in [0.25, 0.3) is 21.7 Å². The average molecular weight is 360 g/mol. The summed E-state index contributed by atoms with van der Waals surface area (Å²) in [7, 11) is 0. The minimum absolute atomic E-state index is 0.0752. The third kappa shape index (κ3) is 3.04. The molecule has 2 atom stereocenters. The minimum atomic E-state index is -4.28. The Hall–Kier alpha value is -2.50. The summed E-state index contributed by atoms with van der Waals surface area (Å²) in [5.41, 5.74) is 1.09. The van der Waals surface area contributed by atoms with Gasteiger partial charge in [-0.25, -0.2) is 0 Å². The number of aromatic nitrogens is 1. The molecule has 26 heavy (non-hydrogen) atoms. The summed E-state index contributed by atoms with van der Waals surface area (Å²) in [6.07, 6.45) is -2.59. The van der Waals surface area contributed by atoms with Crippen molar-refractivity contribution >= 4 is 27.6 Å². The maximum Gasteiger partial charge on any atom is 0.393 e. The zero-order valence-corrected chi connectivity index (χ0v) is 14.1. The minimum Gasteiger partial charge on any atom is -0.351 e. The molecular weight excluding hydrogens is 341 g/mol. The van der Waals surface area contributed by atoms with Crippen molar-refractivity contribution in [3.63, 3.8) is 0 Å². The number of hydrogen-bond acceptors (Lipinski definition) is 1. The number of carbonyl (C=O) groups is 1. The van der Waals surface area contributed by atoms with Crippen LogP contribution in [0.4, 0.5) is 13.2 Å². The van der Waals surface area contributed by atoms with Crippen LogP contribution in [0.2, 0.25) is 0 Å². The molecule has 2 aromatic carbocycles. The molecule has 1 aromatic heterocycles. The molecule has 0 saturated heterocycles. The summed E-state index contributed by atoms with van der Waals surface area (Å²) in [6.45, 7) is 0. The van der Waals surface area contributed by atoms with Crippen molar-refractivity contribution < 1.29 is 18.0 Å². The number of halogens is 3. The van der Waals surface area contributed by atoms with Gasteiger partial charge in [0.2, 0.25) is 0 Å². The molecule has 1 aliphatic rings. The van der Waals surface area contributed by atoms with Gasteiger partial charge in [-0.2, -0.15) is 13.2 Å². The van der Waals surface area contributed by atoms with E-state index < -0.39 is 24.0 Å². The maximum absolute atomic E-state index is 13.2. The van der Waals surface area contributed by atoms with E-state index in [0.29, 0.717) is 25.0 Å². The highest BCUT2D eigenvalue weighted by Crippen LogP contribution is 2.38. The maximum atomic E-state index is 13.2. The third-order valence-electron chi connectivity index (χ3n) is 5.28. The van der Waals surface area contributed by atoms with Crippen LogP contribution < -0.4 is 5.32 Å². The average Bonchev–Trinajstić information content (AvgIpc) is 3.06.